The fourth-order valence-electron chi connectivity index (χ4n) is 3.64. The van der Waals surface area contributed by atoms with Crippen molar-refractivity contribution in [3.8, 4) is 17.1 Å². The van der Waals surface area contributed by atoms with E-state index in [1.165, 1.54) is 17.3 Å². The van der Waals surface area contributed by atoms with Gasteiger partial charge >= 0.3 is 0 Å². The van der Waals surface area contributed by atoms with Crippen molar-refractivity contribution in [2.45, 2.75) is 24.8 Å². The Morgan fingerprint density at radius 2 is 1.66 bits per heavy atom. The number of aryl methyl sites for hydroxylation is 2. The van der Waals surface area contributed by atoms with Crippen LogP contribution in [-0.2, 0) is 5.75 Å². The van der Waals surface area contributed by atoms with E-state index in [4.69, 9.17) is 0 Å². The summed E-state index contributed by atoms with van der Waals surface area (Å²) in [6.45, 7) is 3.97. The Bertz CT molecular complexity index is 1460. The summed E-state index contributed by atoms with van der Waals surface area (Å²) >= 11 is 1.51. The molecule has 0 spiro atoms. The molecule has 0 saturated heterocycles. The quantitative estimate of drug-likeness (QED) is 0.366. The first-order chi connectivity index (χ1) is 15.6. The second kappa shape index (κ2) is 8.43. The molecule has 0 aliphatic carbocycles. The predicted molar refractivity (Wildman–Crippen MR) is 127 cm³/mol. The van der Waals surface area contributed by atoms with Crippen molar-refractivity contribution in [3.63, 3.8) is 0 Å². The highest BCUT2D eigenvalue weighted by atomic mass is 32.2. The molecule has 5 rings (SSSR count). The molecule has 0 unspecified atom stereocenters. The van der Waals surface area contributed by atoms with Crippen LogP contribution in [0.25, 0.3) is 22.7 Å². The third kappa shape index (κ3) is 3.83. The second-order valence-electron chi connectivity index (χ2n) is 7.58. The molecule has 7 heteroatoms. The van der Waals surface area contributed by atoms with Gasteiger partial charge in [-0.05, 0) is 38.1 Å². The van der Waals surface area contributed by atoms with E-state index in [1.54, 1.807) is 10.5 Å². The average Bonchev–Trinajstić information content (AvgIpc) is 3.22. The van der Waals surface area contributed by atoms with Crippen LogP contribution in [0.15, 0.2) is 88.8 Å². The highest BCUT2D eigenvalue weighted by molar-refractivity contribution is 7.98. The van der Waals surface area contributed by atoms with Gasteiger partial charge in [-0.15, -0.1) is 10.2 Å². The van der Waals surface area contributed by atoms with Gasteiger partial charge in [-0.3, -0.25) is 13.8 Å². The Balaban J connectivity index is 1.53. The first kappa shape index (κ1) is 20.2. The molecule has 158 valence electrons. The minimum Gasteiger partial charge on any atom is -0.270 e. The van der Waals surface area contributed by atoms with Crippen molar-refractivity contribution in [2.24, 2.45) is 0 Å². The van der Waals surface area contributed by atoms with Crippen LogP contribution in [0.3, 0.4) is 0 Å². The Hall–Kier alpha value is -3.71. The molecule has 0 fully saturated rings. The summed E-state index contributed by atoms with van der Waals surface area (Å²) < 4.78 is 3.67. The van der Waals surface area contributed by atoms with Crippen molar-refractivity contribution >= 4 is 17.4 Å². The fraction of sp³-hybridized carbons (Fsp3) is 0.120. The van der Waals surface area contributed by atoms with Crippen molar-refractivity contribution in [1.82, 2.24) is 24.1 Å². The fourth-order valence-corrected chi connectivity index (χ4v) is 4.48. The zero-order chi connectivity index (χ0) is 22.1. The van der Waals surface area contributed by atoms with Crippen LogP contribution in [0.2, 0.25) is 0 Å². The number of fused-ring (bicyclic) bond motifs is 1. The molecule has 3 aromatic heterocycles. The summed E-state index contributed by atoms with van der Waals surface area (Å²) in [6, 6.07) is 25.6. The van der Waals surface area contributed by atoms with E-state index < -0.39 is 0 Å². The summed E-state index contributed by atoms with van der Waals surface area (Å²) in [7, 11) is 0. The number of benzene rings is 2. The van der Waals surface area contributed by atoms with Crippen LogP contribution in [0.5, 0.6) is 0 Å². The van der Waals surface area contributed by atoms with E-state index in [2.05, 4.69) is 50.9 Å². The average molecular weight is 440 g/mol. The Kier molecular flexibility index (Phi) is 5.33. The van der Waals surface area contributed by atoms with Gasteiger partial charge in [0.2, 0.25) is 0 Å². The Morgan fingerprint density at radius 3 is 2.44 bits per heavy atom. The molecule has 0 atom stereocenters. The SMILES string of the molecule is Cc1ccc(-n2c(SCc3cc(=O)n4c(C)cccc4n3)nnc2-c2ccccc2)cc1. The molecule has 0 N–H and O–H groups in total. The summed E-state index contributed by atoms with van der Waals surface area (Å²) in [5.41, 5.74) is 5.32. The van der Waals surface area contributed by atoms with Gasteiger partial charge in [0.05, 0.1) is 5.69 Å². The maximum atomic E-state index is 12.6. The minimum absolute atomic E-state index is 0.0753. The lowest BCUT2D eigenvalue weighted by atomic mass is 10.2. The van der Waals surface area contributed by atoms with Gasteiger partial charge in [0.25, 0.3) is 5.56 Å². The van der Waals surface area contributed by atoms with Crippen LogP contribution in [0, 0.1) is 13.8 Å². The highest BCUT2D eigenvalue weighted by Gasteiger charge is 2.17. The third-order valence-corrected chi connectivity index (χ3v) is 6.20. The molecule has 6 nitrogen and oxygen atoms in total. The van der Waals surface area contributed by atoms with Gasteiger partial charge in [-0.2, -0.15) is 0 Å². The zero-order valence-electron chi connectivity index (χ0n) is 17.8. The van der Waals surface area contributed by atoms with Crippen LogP contribution >= 0.6 is 11.8 Å². The maximum Gasteiger partial charge on any atom is 0.258 e. The molecule has 5 aromatic rings. The summed E-state index contributed by atoms with van der Waals surface area (Å²) in [5.74, 6) is 1.29. The lowest BCUT2D eigenvalue weighted by molar-refractivity contribution is 0.884. The largest absolute Gasteiger partial charge is 0.270 e. The normalized spacial score (nSPS) is 11.2. The molecule has 3 heterocycles. The van der Waals surface area contributed by atoms with Crippen LogP contribution in [0.4, 0.5) is 0 Å². The number of thioether (sulfide) groups is 1. The van der Waals surface area contributed by atoms with Crippen molar-refractivity contribution in [1.29, 1.82) is 0 Å². The van der Waals surface area contributed by atoms with E-state index in [-0.39, 0.29) is 5.56 Å². The van der Waals surface area contributed by atoms with Crippen LogP contribution in [0.1, 0.15) is 17.0 Å². The number of hydrogen-bond acceptors (Lipinski definition) is 5. The van der Waals surface area contributed by atoms with Crippen LogP contribution < -0.4 is 5.56 Å². The van der Waals surface area contributed by atoms with E-state index in [9.17, 15) is 4.79 Å². The molecular formula is C25H21N5OS. The van der Waals surface area contributed by atoms with Crippen molar-refractivity contribution in [3.05, 3.63) is 106 Å². The number of rotatable bonds is 5. The van der Waals surface area contributed by atoms with E-state index in [0.29, 0.717) is 17.1 Å². The molecule has 0 saturated carbocycles. The monoisotopic (exact) mass is 439 g/mol. The Labute approximate surface area is 189 Å². The molecule has 0 radical (unpaired) electrons. The van der Waals surface area contributed by atoms with Gasteiger partial charge in [-0.25, -0.2) is 4.98 Å². The van der Waals surface area contributed by atoms with Gasteiger partial charge in [0.1, 0.15) is 5.65 Å². The molecule has 0 bridgehead atoms. The standard InChI is InChI=1S/C25H21N5OS/c1-17-11-13-21(14-12-17)30-24(19-8-4-3-5-9-19)27-28-25(30)32-16-20-15-23(31)29-18(2)7-6-10-22(29)26-20/h3-15H,16H2,1-2H3. The topological polar surface area (TPSA) is 65.1 Å². The smallest absolute Gasteiger partial charge is 0.258 e. The number of aromatic nitrogens is 5. The number of pyridine rings is 1. The molecule has 2 aromatic carbocycles. The first-order valence-corrected chi connectivity index (χ1v) is 11.3. The highest BCUT2D eigenvalue weighted by Crippen LogP contribution is 2.29. The lowest BCUT2D eigenvalue weighted by Crippen LogP contribution is -2.17. The van der Waals surface area contributed by atoms with Crippen LogP contribution in [-0.4, -0.2) is 24.1 Å². The number of hydrogen-bond donors (Lipinski definition) is 0. The van der Waals surface area contributed by atoms with Gasteiger partial charge in [0.15, 0.2) is 11.0 Å². The minimum atomic E-state index is -0.0753. The van der Waals surface area contributed by atoms with E-state index in [0.717, 1.165) is 27.9 Å². The molecular weight excluding hydrogens is 418 g/mol. The number of nitrogens with zero attached hydrogens (tertiary/aromatic N) is 5. The van der Waals surface area contributed by atoms with Crippen molar-refractivity contribution in [2.75, 3.05) is 0 Å². The third-order valence-electron chi connectivity index (χ3n) is 5.24. The summed E-state index contributed by atoms with van der Waals surface area (Å²) in [4.78, 5) is 17.3. The summed E-state index contributed by atoms with van der Waals surface area (Å²) in [6.07, 6.45) is 0. The van der Waals surface area contributed by atoms with Gasteiger partial charge in [0, 0.05) is 28.8 Å². The van der Waals surface area contributed by atoms with Gasteiger partial charge < -0.3 is 0 Å². The van der Waals surface area contributed by atoms with E-state index >= 15 is 0 Å². The first-order valence-electron chi connectivity index (χ1n) is 10.3. The lowest BCUT2D eigenvalue weighted by Gasteiger charge is -2.11. The predicted octanol–water partition coefficient (Wildman–Crippen LogP) is 4.85. The molecule has 0 aliphatic heterocycles. The molecule has 0 amide bonds. The van der Waals surface area contributed by atoms with E-state index in [1.807, 2.05) is 55.5 Å². The summed E-state index contributed by atoms with van der Waals surface area (Å²) in [5, 5.41) is 9.70. The second-order valence-corrected chi connectivity index (χ2v) is 8.52. The Morgan fingerprint density at radius 1 is 0.875 bits per heavy atom. The molecule has 0 aliphatic rings. The van der Waals surface area contributed by atoms with Gasteiger partial charge in [-0.1, -0.05) is 65.9 Å². The van der Waals surface area contributed by atoms with Crippen molar-refractivity contribution < 1.29 is 0 Å². The maximum absolute atomic E-state index is 12.6. The molecule has 32 heavy (non-hydrogen) atoms. The zero-order valence-corrected chi connectivity index (χ0v) is 18.6.